The summed E-state index contributed by atoms with van der Waals surface area (Å²) in [6.45, 7) is 4.61. The number of allylic oxidation sites excluding steroid dienone is 1. The number of para-hydroxylation sites is 1. The number of rotatable bonds is 4. The maximum atomic E-state index is 12.6. The van der Waals surface area contributed by atoms with Gasteiger partial charge >= 0.3 is 0 Å². The van der Waals surface area contributed by atoms with Crippen molar-refractivity contribution in [1.29, 1.82) is 0 Å². The summed E-state index contributed by atoms with van der Waals surface area (Å²) in [5, 5.41) is 0. The highest BCUT2D eigenvalue weighted by Gasteiger charge is 2.16. The van der Waals surface area contributed by atoms with Crippen LogP contribution in [-0.4, -0.2) is 12.5 Å². The van der Waals surface area contributed by atoms with E-state index in [1.165, 1.54) is 5.57 Å². The Balaban J connectivity index is 2.32. The molecule has 0 fully saturated rings. The Kier molecular flexibility index (Phi) is 4.72. The number of nitrogens with zero attached hydrogens (tertiary/aromatic N) is 1. The minimum atomic E-state index is -0.00875. The third-order valence-electron chi connectivity index (χ3n) is 2.93. The topological polar surface area (TPSA) is 20.3 Å². The molecule has 1 amide bonds. The monoisotopic (exact) mass is 264 g/mol. The average Bonchev–Trinajstić information content (AvgIpc) is 2.49. The van der Waals surface area contributed by atoms with Gasteiger partial charge in [0.15, 0.2) is 0 Å². The molecule has 0 bridgehead atoms. The van der Waals surface area contributed by atoms with Gasteiger partial charge in [0.25, 0.3) is 5.91 Å². The number of anilines is 1. The highest BCUT2D eigenvalue weighted by Crippen LogP contribution is 2.16. The van der Waals surface area contributed by atoms with Gasteiger partial charge in [-0.25, -0.2) is 0 Å². The molecule has 0 aliphatic heterocycles. The summed E-state index contributed by atoms with van der Waals surface area (Å²) in [4.78, 5) is 14.4. The van der Waals surface area contributed by atoms with Crippen molar-refractivity contribution >= 4 is 11.6 Å². The van der Waals surface area contributed by atoms with Gasteiger partial charge in [-0.3, -0.25) is 4.79 Å². The molecule has 0 N–H and O–H groups in total. The van der Waals surface area contributed by atoms with E-state index in [4.69, 9.17) is 0 Å². The second kappa shape index (κ2) is 6.71. The molecule has 0 unspecified atom stereocenters. The van der Waals surface area contributed by atoms with Crippen LogP contribution >= 0.6 is 0 Å². The summed E-state index contributed by atoms with van der Waals surface area (Å²) in [6, 6.07) is 20.0. The molecule has 2 nitrogen and oxygen atoms in total. The number of carbonyl (C=O) groups excluding carboxylic acids is 1. The van der Waals surface area contributed by atoms with E-state index in [1.54, 1.807) is 4.90 Å². The van der Waals surface area contributed by atoms with Crippen LogP contribution < -0.4 is 4.90 Å². The Hall–Kier alpha value is -2.35. The molecule has 0 spiro atoms. The Labute approximate surface area is 120 Å². The number of amides is 1. The van der Waals surface area contributed by atoms with E-state index in [-0.39, 0.29) is 5.91 Å². The number of hydrogen-bond acceptors (Lipinski definition) is 1. The Morgan fingerprint density at radius 1 is 1.10 bits per heavy atom. The van der Waals surface area contributed by atoms with Gasteiger partial charge in [0.2, 0.25) is 0 Å². The van der Waals surface area contributed by atoms with Crippen molar-refractivity contribution in [3.05, 3.63) is 77.9 Å². The van der Waals surface area contributed by atoms with Crippen LogP contribution in [0.25, 0.3) is 0 Å². The van der Waals surface area contributed by atoms with Gasteiger partial charge in [-0.05, 0) is 32.0 Å². The van der Waals surface area contributed by atoms with Crippen LogP contribution in [0.5, 0.6) is 0 Å². The van der Waals surface area contributed by atoms with Crippen molar-refractivity contribution in [1.82, 2.24) is 0 Å². The number of benzene rings is 2. The van der Waals surface area contributed by atoms with E-state index in [9.17, 15) is 4.79 Å². The number of carbonyl (C=O) groups is 1. The summed E-state index contributed by atoms with van der Waals surface area (Å²) in [7, 11) is 0. The zero-order valence-corrected chi connectivity index (χ0v) is 11.8. The quantitative estimate of drug-likeness (QED) is 0.761. The van der Waals surface area contributed by atoms with Crippen LogP contribution in [0.4, 0.5) is 5.69 Å². The van der Waals surface area contributed by atoms with Crippen LogP contribution in [0.2, 0.25) is 0 Å². The van der Waals surface area contributed by atoms with Gasteiger partial charge in [-0.2, -0.15) is 0 Å². The first-order valence-electron chi connectivity index (χ1n) is 6.65. The average molecular weight is 264 g/mol. The summed E-state index contributed by atoms with van der Waals surface area (Å²) < 4.78 is 0. The summed E-state index contributed by atoms with van der Waals surface area (Å²) in [5.74, 6) is -0.00875. The van der Waals surface area contributed by atoms with E-state index in [1.807, 2.05) is 74.5 Å². The van der Waals surface area contributed by atoms with Crippen LogP contribution in [-0.2, 0) is 0 Å². The van der Waals surface area contributed by atoms with E-state index < -0.39 is 0 Å². The standard InChI is InChI=1S/C18H18NO/c1-15(2)13-14-19(17-11-7-4-8-12-17)18(20)16-9-5-3-6-10-16/h3-11,13H,14H2,1-2H3. The Morgan fingerprint density at radius 3 is 2.40 bits per heavy atom. The lowest BCUT2D eigenvalue weighted by Gasteiger charge is -2.21. The molecule has 1 radical (unpaired) electrons. The molecule has 2 aromatic carbocycles. The highest BCUT2D eigenvalue weighted by molar-refractivity contribution is 6.06. The van der Waals surface area contributed by atoms with E-state index in [0.717, 1.165) is 5.69 Å². The van der Waals surface area contributed by atoms with Crippen LogP contribution in [0, 0.1) is 6.07 Å². The smallest absolute Gasteiger partial charge is 0.258 e. The van der Waals surface area contributed by atoms with E-state index in [2.05, 4.69) is 6.07 Å². The van der Waals surface area contributed by atoms with Crippen molar-refractivity contribution in [2.24, 2.45) is 0 Å². The fourth-order valence-corrected chi connectivity index (χ4v) is 1.85. The normalized spacial score (nSPS) is 9.90. The fraction of sp³-hybridized carbons (Fsp3) is 0.167. The predicted octanol–water partition coefficient (Wildman–Crippen LogP) is 4.10. The summed E-state index contributed by atoms with van der Waals surface area (Å²) >= 11 is 0. The molecule has 0 heterocycles. The van der Waals surface area contributed by atoms with E-state index >= 15 is 0 Å². The lowest BCUT2D eigenvalue weighted by molar-refractivity contribution is 0.0989. The highest BCUT2D eigenvalue weighted by atomic mass is 16.2. The third-order valence-corrected chi connectivity index (χ3v) is 2.93. The molecule has 0 atom stereocenters. The molecule has 101 valence electrons. The Bertz CT molecular complexity index is 583. The zero-order chi connectivity index (χ0) is 14.4. The molecular formula is C18H18NO. The molecule has 2 aromatic rings. The predicted molar refractivity (Wildman–Crippen MR) is 82.8 cm³/mol. The summed E-state index contributed by atoms with van der Waals surface area (Å²) in [6.07, 6.45) is 2.04. The molecule has 0 saturated heterocycles. The second-order valence-corrected chi connectivity index (χ2v) is 4.81. The first-order valence-corrected chi connectivity index (χ1v) is 6.65. The number of hydrogen-bond donors (Lipinski definition) is 0. The zero-order valence-electron chi connectivity index (χ0n) is 11.8. The van der Waals surface area contributed by atoms with Crippen molar-refractivity contribution in [2.75, 3.05) is 11.4 Å². The van der Waals surface area contributed by atoms with Crippen molar-refractivity contribution in [2.45, 2.75) is 13.8 Å². The molecule has 0 aliphatic carbocycles. The minimum Gasteiger partial charge on any atom is -0.304 e. The fourth-order valence-electron chi connectivity index (χ4n) is 1.85. The van der Waals surface area contributed by atoms with Gasteiger partial charge in [0, 0.05) is 18.2 Å². The van der Waals surface area contributed by atoms with Gasteiger partial charge < -0.3 is 4.90 Å². The molecule has 0 aliphatic rings. The van der Waals surface area contributed by atoms with Crippen LogP contribution in [0.3, 0.4) is 0 Å². The summed E-state index contributed by atoms with van der Waals surface area (Å²) in [5.41, 5.74) is 2.66. The Morgan fingerprint density at radius 2 is 1.80 bits per heavy atom. The molecule has 0 aromatic heterocycles. The largest absolute Gasteiger partial charge is 0.304 e. The van der Waals surface area contributed by atoms with Gasteiger partial charge in [0.05, 0.1) is 5.69 Å². The molecule has 2 heteroatoms. The van der Waals surface area contributed by atoms with Crippen LogP contribution in [0.1, 0.15) is 24.2 Å². The maximum Gasteiger partial charge on any atom is 0.258 e. The first-order chi connectivity index (χ1) is 9.68. The SMILES string of the molecule is CC(C)=CCN(C(=O)c1ccccc1)c1[c]cccc1. The molecule has 20 heavy (non-hydrogen) atoms. The van der Waals surface area contributed by atoms with Gasteiger partial charge in [-0.1, -0.05) is 48.0 Å². The molecule has 0 saturated carbocycles. The molecule has 2 rings (SSSR count). The third kappa shape index (κ3) is 3.58. The molecular weight excluding hydrogens is 246 g/mol. The minimum absolute atomic E-state index is 0.00875. The first kappa shape index (κ1) is 14.1. The van der Waals surface area contributed by atoms with Crippen molar-refractivity contribution in [3.63, 3.8) is 0 Å². The van der Waals surface area contributed by atoms with Crippen LogP contribution in [0.15, 0.2) is 66.2 Å². The van der Waals surface area contributed by atoms with Crippen molar-refractivity contribution in [3.8, 4) is 0 Å². The van der Waals surface area contributed by atoms with Gasteiger partial charge in [0.1, 0.15) is 0 Å². The maximum absolute atomic E-state index is 12.6. The lowest BCUT2D eigenvalue weighted by Crippen LogP contribution is -2.31. The second-order valence-electron chi connectivity index (χ2n) is 4.81. The lowest BCUT2D eigenvalue weighted by atomic mass is 10.1. The van der Waals surface area contributed by atoms with E-state index in [0.29, 0.717) is 12.1 Å². The van der Waals surface area contributed by atoms with Gasteiger partial charge in [-0.15, -0.1) is 0 Å². The van der Waals surface area contributed by atoms with Crippen molar-refractivity contribution < 1.29 is 4.79 Å².